The van der Waals surface area contributed by atoms with Crippen LogP contribution in [0.2, 0.25) is 0 Å². The lowest BCUT2D eigenvalue weighted by Crippen LogP contribution is -2.62. The van der Waals surface area contributed by atoms with E-state index in [0.29, 0.717) is 17.8 Å². The average molecular weight is 329 g/mol. The Morgan fingerprint density at radius 3 is 2.46 bits per heavy atom. The van der Waals surface area contributed by atoms with Gasteiger partial charge in [-0.1, -0.05) is 12.1 Å². The molecule has 24 heavy (non-hydrogen) atoms. The maximum absolute atomic E-state index is 13.0. The fourth-order valence-electron chi connectivity index (χ4n) is 5.57. The van der Waals surface area contributed by atoms with Crippen molar-refractivity contribution in [3.63, 3.8) is 0 Å². The Morgan fingerprint density at radius 2 is 1.88 bits per heavy atom. The van der Waals surface area contributed by atoms with Gasteiger partial charge in [0.25, 0.3) is 0 Å². The summed E-state index contributed by atoms with van der Waals surface area (Å²) < 4.78 is 0. The Bertz CT molecular complexity index is 653. The first-order chi connectivity index (χ1) is 11.3. The molecule has 4 saturated carbocycles. The van der Waals surface area contributed by atoms with Gasteiger partial charge in [0.05, 0.1) is 11.0 Å². The van der Waals surface area contributed by atoms with Crippen LogP contribution in [0.25, 0.3) is 0 Å². The molecule has 4 aliphatic rings. The molecule has 5 rings (SSSR count). The van der Waals surface area contributed by atoms with Gasteiger partial charge >= 0.3 is 0 Å². The zero-order valence-electron chi connectivity index (χ0n) is 14.5. The summed E-state index contributed by atoms with van der Waals surface area (Å²) in [5, 5.41) is 23.7. The van der Waals surface area contributed by atoms with Crippen molar-refractivity contribution in [3.05, 3.63) is 29.8 Å². The van der Waals surface area contributed by atoms with Gasteiger partial charge in [-0.15, -0.1) is 0 Å². The number of nitrogens with one attached hydrogen (secondary N) is 1. The zero-order chi connectivity index (χ0) is 17.1. The number of benzene rings is 1. The number of carbonyl (C=O) groups is 1. The van der Waals surface area contributed by atoms with E-state index in [0.717, 1.165) is 37.7 Å². The molecule has 1 aromatic carbocycles. The highest BCUT2D eigenvalue weighted by molar-refractivity contribution is 5.87. The average Bonchev–Trinajstić information content (AvgIpc) is 2.49. The van der Waals surface area contributed by atoms with Gasteiger partial charge in [-0.2, -0.15) is 0 Å². The van der Waals surface area contributed by atoms with Gasteiger partial charge < -0.3 is 15.5 Å². The zero-order valence-corrected chi connectivity index (χ0v) is 14.5. The summed E-state index contributed by atoms with van der Waals surface area (Å²) in [7, 11) is 0. The Hall–Kier alpha value is -1.55. The number of hydrogen-bond acceptors (Lipinski definition) is 3. The van der Waals surface area contributed by atoms with Crippen LogP contribution in [0.3, 0.4) is 0 Å². The molecule has 0 heterocycles. The normalized spacial score (nSPS) is 37.5. The lowest BCUT2D eigenvalue weighted by molar-refractivity contribution is -0.148. The predicted octanol–water partition coefficient (Wildman–Crippen LogP) is 2.73. The molecule has 3 N–H and O–H groups in total. The molecule has 4 unspecified atom stereocenters. The van der Waals surface area contributed by atoms with E-state index in [-0.39, 0.29) is 17.7 Å². The number of aliphatic hydroxyl groups is 1. The van der Waals surface area contributed by atoms with E-state index in [1.807, 2.05) is 19.9 Å². The molecule has 0 saturated heterocycles. The minimum Gasteiger partial charge on any atom is -0.508 e. The molecule has 0 aliphatic heterocycles. The summed E-state index contributed by atoms with van der Waals surface area (Å²) in [4.78, 5) is 13.0. The molecule has 0 spiro atoms. The number of phenols is 1. The summed E-state index contributed by atoms with van der Waals surface area (Å²) in [5.74, 6) is 1.65. The summed E-state index contributed by atoms with van der Waals surface area (Å²) >= 11 is 0. The first-order valence-corrected chi connectivity index (χ1v) is 9.10. The topological polar surface area (TPSA) is 69.6 Å². The first kappa shape index (κ1) is 15.9. The van der Waals surface area contributed by atoms with Crippen LogP contribution in [0.4, 0.5) is 0 Å². The summed E-state index contributed by atoms with van der Waals surface area (Å²) in [6.07, 6.45) is 4.89. The highest BCUT2D eigenvalue weighted by atomic mass is 16.3. The van der Waals surface area contributed by atoms with E-state index in [1.165, 1.54) is 0 Å². The largest absolute Gasteiger partial charge is 0.508 e. The third-order valence-electron chi connectivity index (χ3n) is 6.67. The Kier molecular flexibility index (Phi) is 3.47. The quantitative estimate of drug-likeness (QED) is 0.798. The molecule has 5 atom stereocenters. The molecule has 4 heteroatoms. The molecule has 4 nitrogen and oxygen atoms in total. The third kappa shape index (κ3) is 2.52. The van der Waals surface area contributed by atoms with Crippen LogP contribution < -0.4 is 5.32 Å². The Morgan fingerprint density at radius 1 is 1.21 bits per heavy atom. The van der Waals surface area contributed by atoms with Crippen molar-refractivity contribution in [3.8, 4) is 5.75 Å². The summed E-state index contributed by atoms with van der Waals surface area (Å²) in [6.45, 7) is 3.81. The third-order valence-corrected chi connectivity index (χ3v) is 6.67. The van der Waals surface area contributed by atoms with Gasteiger partial charge in [0.2, 0.25) is 5.91 Å². The summed E-state index contributed by atoms with van der Waals surface area (Å²) in [6, 6.07) is 7.14. The van der Waals surface area contributed by atoms with Gasteiger partial charge in [-0.3, -0.25) is 4.79 Å². The second-order valence-corrected chi connectivity index (χ2v) is 8.87. The number of hydrogen-bond donors (Lipinski definition) is 3. The maximum Gasteiger partial charge on any atom is 0.230 e. The molecular weight excluding hydrogens is 302 g/mol. The molecule has 0 radical (unpaired) electrons. The van der Waals surface area contributed by atoms with Gasteiger partial charge in [0.1, 0.15) is 5.75 Å². The van der Waals surface area contributed by atoms with Crippen molar-refractivity contribution in [2.75, 3.05) is 0 Å². The standard InChI is InChI=1S/C20H27NO3/c1-19(2,15-4-3-5-16(22)8-15)18(23)21-17-13-6-12-7-14(17)11-20(24,9-12)10-13/h3-5,8,12-14,17,22,24H,6-7,9-11H2,1-2H3,(H,21,23)/t12?,13-,14?,17?,20?/m1/s1. The number of rotatable bonds is 3. The van der Waals surface area contributed by atoms with Crippen LogP contribution in [0.1, 0.15) is 51.5 Å². The second-order valence-electron chi connectivity index (χ2n) is 8.87. The van der Waals surface area contributed by atoms with E-state index in [2.05, 4.69) is 5.32 Å². The fourth-order valence-corrected chi connectivity index (χ4v) is 5.57. The molecular formula is C20H27NO3. The molecule has 130 valence electrons. The molecule has 1 amide bonds. The minimum absolute atomic E-state index is 0.0116. The lowest BCUT2D eigenvalue weighted by Gasteiger charge is -2.58. The van der Waals surface area contributed by atoms with Crippen LogP contribution in [0.5, 0.6) is 5.75 Å². The van der Waals surface area contributed by atoms with Gasteiger partial charge in [0, 0.05) is 6.04 Å². The van der Waals surface area contributed by atoms with Crippen molar-refractivity contribution in [2.45, 2.75) is 63.0 Å². The lowest BCUT2D eigenvalue weighted by atomic mass is 9.52. The monoisotopic (exact) mass is 329 g/mol. The molecule has 1 aromatic rings. The van der Waals surface area contributed by atoms with Gasteiger partial charge in [-0.25, -0.2) is 0 Å². The summed E-state index contributed by atoms with van der Waals surface area (Å²) in [5.41, 5.74) is -0.342. The highest BCUT2D eigenvalue weighted by Crippen LogP contribution is 2.55. The number of aromatic hydroxyl groups is 1. The van der Waals surface area contributed by atoms with Crippen molar-refractivity contribution in [1.29, 1.82) is 0 Å². The highest BCUT2D eigenvalue weighted by Gasteiger charge is 2.55. The number of phenolic OH excluding ortho intramolecular Hbond substituents is 1. The predicted molar refractivity (Wildman–Crippen MR) is 91.6 cm³/mol. The molecule has 4 bridgehead atoms. The number of carbonyl (C=O) groups excluding carboxylic acids is 1. The Balaban J connectivity index is 1.52. The van der Waals surface area contributed by atoms with E-state index >= 15 is 0 Å². The van der Waals surface area contributed by atoms with Crippen LogP contribution in [-0.4, -0.2) is 27.8 Å². The van der Waals surface area contributed by atoms with Crippen LogP contribution in [0, 0.1) is 17.8 Å². The van der Waals surface area contributed by atoms with Crippen molar-refractivity contribution in [2.24, 2.45) is 17.8 Å². The van der Waals surface area contributed by atoms with Crippen molar-refractivity contribution in [1.82, 2.24) is 5.32 Å². The number of amides is 1. The fraction of sp³-hybridized carbons (Fsp3) is 0.650. The van der Waals surface area contributed by atoms with Gasteiger partial charge in [0.15, 0.2) is 0 Å². The first-order valence-electron chi connectivity index (χ1n) is 9.10. The molecule has 4 aliphatic carbocycles. The maximum atomic E-state index is 13.0. The van der Waals surface area contributed by atoms with Crippen LogP contribution >= 0.6 is 0 Å². The van der Waals surface area contributed by atoms with Crippen LogP contribution in [-0.2, 0) is 10.2 Å². The van der Waals surface area contributed by atoms with E-state index in [4.69, 9.17) is 0 Å². The van der Waals surface area contributed by atoms with E-state index < -0.39 is 11.0 Å². The minimum atomic E-state index is -0.690. The van der Waals surface area contributed by atoms with E-state index in [1.54, 1.807) is 18.2 Å². The second kappa shape index (κ2) is 5.22. The molecule has 0 aromatic heterocycles. The van der Waals surface area contributed by atoms with Crippen molar-refractivity contribution < 1.29 is 15.0 Å². The van der Waals surface area contributed by atoms with E-state index in [9.17, 15) is 15.0 Å². The van der Waals surface area contributed by atoms with Crippen molar-refractivity contribution >= 4 is 5.91 Å². The SMILES string of the molecule is CC(C)(C(=O)NC1C2CC3C[C@@H]1CC(O)(C3)C2)c1cccc(O)c1. The smallest absolute Gasteiger partial charge is 0.230 e. The van der Waals surface area contributed by atoms with Gasteiger partial charge in [-0.05, 0) is 81.4 Å². The molecule has 4 fully saturated rings. The van der Waals surface area contributed by atoms with Crippen LogP contribution in [0.15, 0.2) is 24.3 Å². The Labute approximate surface area is 143 Å².